The number of aromatic nitrogens is 2. The van der Waals surface area contributed by atoms with Gasteiger partial charge >= 0.3 is 6.18 Å². The molecule has 1 aromatic carbocycles. The Balaban J connectivity index is 2.59. The van der Waals surface area contributed by atoms with Crippen LogP contribution in [0, 0.1) is 0 Å². The molecule has 0 radical (unpaired) electrons. The third-order valence-corrected chi connectivity index (χ3v) is 2.45. The first-order chi connectivity index (χ1) is 8.79. The standard InChI is InChI=1S/C11H9F3N4O/c12-11(13,14)8-5-6(1-2-7(8)10(16)19)18-4-3-9(15)17-18/h1-5H,(H2,15,17)(H2,16,19). The molecule has 19 heavy (non-hydrogen) atoms. The second kappa shape index (κ2) is 4.30. The first-order valence-corrected chi connectivity index (χ1v) is 5.11. The fourth-order valence-electron chi connectivity index (χ4n) is 1.61. The van der Waals surface area contributed by atoms with Crippen molar-refractivity contribution in [3.63, 3.8) is 0 Å². The molecule has 8 heteroatoms. The number of nitrogens with two attached hydrogens (primary N) is 2. The minimum absolute atomic E-state index is 0.133. The van der Waals surface area contributed by atoms with E-state index in [4.69, 9.17) is 11.5 Å². The van der Waals surface area contributed by atoms with Gasteiger partial charge in [-0.05, 0) is 18.2 Å². The van der Waals surface area contributed by atoms with E-state index in [-0.39, 0.29) is 11.5 Å². The number of nitrogen functional groups attached to an aromatic ring is 1. The van der Waals surface area contributed by atoms with Crippen molar-refractivity contribution in [2.45, 2.75) is 6.18 Å². The highest BCUT2D eigenvalue weighted by molar-refractivity contribution is 5.94. The van der Waals surface area contributed by atoms with Crippen molar-refractivity contribution in [3.8, 4) is 5.69 Å². The van der Waals surface area contributed by atoms with Crippen molar-refractivity contribution in [1.82, 2.24) is 9.78 Å². The number of alkyl halides is 3. The smallest absolute Gasteiger partial charge is 0.382 e. The third kappa shape index (κ3) is 2.51. The number of amides is 1. The maximum absolute atomic E-state index is 12.8. The highest BCUT2D eigenvalue weighted by Gasteiger charge is 2.35. The lowest BCUT2D eigenvalue weighted by Crippen LogP contribution is -2.19. The Labute approximate surface area is 105 Å². The number of anilines is 1. The molecule has 0 aliphatic carbocycles. The lowest BCUT2D eigenvalue weighted by atomic mass is 10.1. The Morgan fingerprint density at radius 1 is 1.26 bits per heavy atom. The molecular weight excluding hydrogens is 261 g/mol. The van der Waals surface area contributed by atoms with Crippen LogP contribution in [0.15, 0.2) is 30.5 Å². The molecule has 2 aromatic rings. The van der Waals surface area contributed by atoms with E-state index in [1.54, 1.807) is 0 Å². The van der Waals surface area contributed by atoms with Gasteiger partial charge in [-0.25, -0.2) is 4.68 Å². The molecule has 0 atom stereocenters. The van der Waals surface area contributed by atoms with E-state index < -0.39 is 23.2 Å². The molecule has 5 nitrogen and oxygen atoms in total. The number of rotatable bonds is 2. The Kier molecular flexibility index (Phi) is 2.93. The summed E-state index contributed by atoms with van der Waals surface area (Å²) >= 11 is 0. The average Bonchev–Trinajstić information content (AvgIpc) is 2.74. The summed E-state index contributed by atoms with van der Waals surface area (Å²) in [7, 11) is 0. The molecule has 100 valence electrons. The summed E-state index contributed by atoms with van der Waals surface area (Å²) in [6.45, 7) is 0. The van der Waals surface area contributed by atoms with Crippen LogP contribution in [0.1, 0.15) is 15.9 Å². The Morgan fingerprint density at radius 3 is 2.42 bits per heavy atom. The lowest BCUT2D eigenvalue weighted by Gasteiger charge is -2.12. The topological polar surface area (TPSA) is 86.9 Å². The van der Waals surface area contributed by atoms with Gasteiger partial charge in [-0.2, -0.15) is 18.3 Å². The van der Waals surface area contributed by atoms with Crippen LogP contribution in [0.5, 0.6) is 0 Å². The fourth-order valence-corrected chi connectivity index (χ4v) is 1.61. The van der Waals surface area contributed by atoms with E-state index in [0.717, 1.165) is 12.1 Å². The molecule has 0 saturated heterocycles. The molecule has 0 spiro atoms. The van der Waals surface area contributed by atoms with Gasteiger partial charge in [0.05, 0.1) is 16.8 Å². The van der Waals surface area contributed by atoms with Gasteiger partial charge in [0, 0.05) is 12.3 Å². The predicted octanol–water partition coefficient (Wildman–Crippen LogP) is 1.57. The summed E-state index contributed by atoms with van der Waals surface area (Å²) in [5.41, 5.74) is 8.75. The number of benzene rings is 1. The van der Waals surface area contributed by atoms with Crippen LogP contribution in [0.4, 0.5) is 19.0 Å². The Hall–Kier alpha value is -2.51. The van der Waals surface area contributed by atoms with E-state index in [9.17, 15) is 18.0 Å². The monoisotopic (exact) mass is 270 g/mol. The number of halogens is 3. The van der Waals surface area contributed by atoms with Crippen molar-refractivity contribution in [3.05, 3.63) is 41.6 Å². The fraction of sp³-hybridized carbons (Fsp3) is 0.0909. The zero-order valence-corrected chi connectivity index (χ0v) is 9.48. The first-order valence-electron chi connectivity index (χ1n) is 5.11. The van der Waals surface area contributed by atoms with Crippen LogP contribution >= 0.6 is 0 Å². The van der Waals surface area contributed by atoms with Crippen molar-refractivity contribution in [1.29, 1.82) is 0 Å². The van der Waals surface area contributed by atoms with E-state index in [1.807, 2.05) is 0 Å². The van der Waals surface area contributed by atoms with Crippen LogP contribution in [-0.2, 0) is 6.18 Å². The number of hydrogen-bond donors (Lipinski definition) is 2. The van der Waals surface area contributed by atoms with Gasteiger partial charge in [-0.15, -0.1) is 0 Å². The summed E-state index contributed by atoms with van der Waals surface area (Å²) < 4.78 is 39.7. The Bertz CT molecular complexity index is 633. The zero-order chi connectivity index (χ0) is 14.2. The quantitative estimate of drug-likeness (QED) is 0.868. The molecule has 0 bridgehead atoms. The van der Waals surface area contributed by atoms with Crippen LogP contribution in [0.25, 0.3) is 5.69 Å². The highest BCUT2D eigenvalue weighted by Crippen LogP contribution is 2.33. The Morgan fingerprint density at radius 2 is 1.95 bits per heavy atom. The summed E-state index contributed by atoms with van der Waals surface area (Å²) in [6, 6.07) is 4.56. The molecule has 0 aliphatic rings. The summed E-state index contributed by atoms with van der Waals surface area (Å²) in [5.74, 6) is -0.966. The molecule has 0 fully saturated rings. The molecule has 1 aromatic heterocycles. The second-order valence-corrected chi connectivity index (χ2v) is 3.78. The number of carbonyl (C=O) groups is 1. The largest absolute Gasteiger partial charge is 0.417 e. The number of hydrogen-bond acceptors (Lipinski definition) is 3. The number of nitrogens with zero attached hydrogens (tertiary/aromatic N) is 2. The zero-order valence-electron chi connectivity index (χ0n) is 9.48. The summed E-state index contributed by atoms with van der Waals surface area (Å²) in [4.78, 5) is 11.0. The first kappa shape index (κ1) is 12.9. The molecule has 2 rings (SSSR count). The van der Waals surface area contributed by atoms with Gasteiger partial charge in [-0.1, -0.05) is 0 Å². The molecule has 1 heterocycles. The third-order valence-electron chi connectivity index (χ3n) is 2.45. The molecule has 0 aliphatic heterocycles. The van der Waals surface area contributed by atoms with Crippen LogP contribution in [0.2, 0.25) is 0 Å². The normalized spacial score (nSPS) is 11.5. The number of carbonyl (C=O) groups excluding carboxylic acids is 1. The van der Waals surface area contributed by atoms with Gasteiger partial charge < -0.3 is 11.5 Å². The van der Waals surface area contributed by atoms with Crippen LogP contribution in [0.3, 0.4) is 0 Å². The average molecular weight is 270 g/mol. The van der Waals surface area contributed by atoms with Crippen molar-refractivity contribution in [2.24, 2.45) is 5.73 Å². The van der Waals surface area contributed by atoms with E-state index in [0.29, 0.717) is 0 Å². The van der Waals surface area contributed by atoms with Crippen molar-refractivity contribution >= 4 is 11.7 Å². The summed E-state index contributed by atoms with van der Waals surface area (Å²) in [5, 5.41) is 3.79. The van der Waals surface area contributed by atoms with Crippen molar-refractivity contribution < 1.29 is 18.0 Å². The maximum Gasteiger partial charge on any atom is 0.417 e. The van der Waals surface area contributed by atoms with E-state index >= 15 is 0 Å². The van der Waals surface area contributed by atoms with Gasteiger partial charge in [0.25, 0.3) is 0 Å². The van der Waals surface area contributed by atoms with Gasteiger partial charge in [-0.3, -0.25) is 4.79 Å². The number of primary amides is 1. The summed E-state index contributed by atoms with van der Waals surface area (Å²) in [6.07, 6.45) is -3.27. The minimum atomic E-state index is -4.68. The molecule has 0 saturated carbocycles. The van der Waals surface area contributed by atoms with Gasteiger partial charge in [0.1, 0.15) is 5.82 Å². The molecule has 4 N–H and O–H groups in total. The van der Waals surface area contributed by atoms with Crippen LogP contribution in [-0.4, -0.2) is 15.7 Å². The lowest BCUT2D eigenvalue weighted by molar-refractivity contribution is -0.137. The molecule has 0 unspecified atom stereocenters. The van der Waals surface area contributed by atoms with Gasteiger partial charge in [0.2, 0.25) is 5.91 Å². The van der Waals surface area contributed by atoms with Crippen LogP contribution < -0.4 is 11.5 Å². The SMILES string of the molecule is NC(=O)c1ccc(-n2ccc(N)n2)cc1C(F)(F)F. The maximum atomic E-state index is 12.8. The molecule has 1 amide bonds. The minimum Gasteiger partial charge on any atom is -0.382 e. The predicted molar refractivity (Wildman–Crippen MR) is 61.5 cm³/mol. The van der Waals surface area contributed by atoms with Gasteiger partial charge in [0.15, 0.2) is 0 Å². The van der Waals surface area contributed by atoms with Crippen molar-refractivity contribution in [2.75, 3.05) is 5.73 Å². The van der Waals surface area contributed by atoms with E-state index in [2.05, 4.69) is 5.10 Å². The highest BCUT2D eigenvalue weighted by atomic mass is 19.4. The second-order valence-electron chi connectivity index (χ2n) is 3.78. The molecular formula is C11H9F3N4O. The van der Waals surface area contributed by atoms with E-state index in [1.165, 1.54) is 23.0 Å².